The quantitative estimate of drug-likeness (QED) is 0.676. The highest BCUT2D eigenvalue weighted by Crippen LogP contribution is 2.37. The first-order chi connectivity index (χ1) is 11.5. The summed E-state index contributed by atoms with van der Waals surface area (Å²) >= 11 is 6.09. The van der Waals surface area contributed by atoms with Crippen molar-refractivity contribution in [3.05, 3.63) is 56.6 Å². The number of aryl methyl sites for hydroxylation is 1. The topological polar surface area (TPSA) is 90.7 Å². The standard InChI is InChI=1S/C16H13ClN2O5/c1-9-2-3-12(11(17)6-9)18-16(20)10-7-14-15(24-5-4-23-14)8-13(10)19(21)22/h2-3,6-8H,4-5H2,1H3,(H,18,20). The van der Waals surface area contributed by atoms with Crippen molar-refractivity contribution in [3.8, 4) is 11.5 Å². The van der Waals surface area contributed by atoms with Crippen molar-refractivity contribution in [2.75, 3.05) is 18.5 Å². The van der Waals surface area contributed by atoms with Gasteiger partial charge in [0.15, 0.2) is 11.5 Å². The Morgan fingerprint density at radius 1 is 1.21 bits per heavy atom. The van der Waals surface area contributed by atoms with Crippen molar-refractivity contribution in [2.45, 2.75) is 6.92 Å². The molecule has 1 amide bonds. The molecule has 0 aromatic heterocycles. The third kappa shape index (κ3) is 3.11. The van der Waals surface area contributed by atoms with Gasteiger partial charge in [-0.15, -0.1) is 0 Å². The molecule has 1 heterocycles. The second kappa shape index (κ2) is 6.37. The number of nitro benzene ring substituents is 1. The molecule has 0 fully saturated rings. The van der Waals surface area contributed by atoms with Crippen LogP contribution in [0.25, 0.3) is 0 Å². The highest BCUT2D eigenvalue weighted by Gasteiger charge is 2.26. The van der Waals surface area contributed by atoms with E-state index >= 15 is 0 Å². The molecule has 1 aliphatic heterocycles. The first-order valence-electron chi connectivity index (χ1n) is 7.11. The van der Waals surface area contributed by atoms with Crippen molar-refractivity contribution in [3.63, 3.8) is 0 Å². The second-order valence-corrected chi connectivity index (χ2v) is 5.61. The Morgan fingerprint density at radius 3 is 2.50 bits per heavy atom. The number of nitrogens with one attached hydrogen (secondary N) is 1. The minimum absolute atomic E-state index is 0.124. The van der Waals surface area contributed by atoms with Gasteiger partial charge in [0.25, 0.3) is 11.6 Å². The van der Waals surface area contributed by atoms with Crippen LogP contribution in [-0.2, 0) is 0 Å². The van der Waals surface area contributed by atoms with E-state index in [9.17, 15) is 14.9 Å². The number of nitro groups is 1. The number of ether oxygens (including phenoxy) is 2. The van der Waals surface area contributed by atoms with Crippen LogP contribution in [0.1, 0.15) is 15.9 Å². The van der Waals surface area contributed by atoms with Gasteiger partial charge >= 0.3 is 0 Å². The Hall–Kier alpha value is -2.80. The second-order valence-electron chi connectivity index (χ2n) is 5.21. The third-order valence-electron chi connectivity index (χ3n) is 3.47. The maximum atomic E-state index is 12.5. The van der Waals surface area contributed by atoms with Gasteiger partial charge in [0.2, 0.25) is 0 Å². The predicted octanol–water partition coefficient (Wildman–Crippen LogP) is 3.58. The molecule has 0 saturated heterocycles. The van der Waals surface area contributed by atoms with Crippen molar-refractivity contribution >= 4 is 28.9 Å². The van der Waals surface area contributed by atoms with Crippen molar-refractivity contribution < 1.29 is 19.2 Å². The van der Waals surface area contributed by atoms with Gasteiger partial charge in [-0.1, -0.05) is 17.7 Å². The van der Waals surface area contributed by atoms with Gasteiger partial charge in [-0.25, -0.2) is 0 Å². The van der Waals surface area contributed by atoms with Crippen LogP contribution in [-0.4, -0.2) is 24.0 Å². The largest absolute Gasteiger partial charge is 0.486 e. The number of carbonyl (C=O) groups is 1. The van der Waals surface area contributed by atoms with E-state index in [1.54, 1.807) is 18.2 Å². The van der Waals surface area contributed by atoms with Gasteiger partial charge in [-0.2, -0.15) is 0 Å². The average molecular weight is 349 g/mol. The lowest BCUT2D eigenvalue weighted by Gasteiger charge is -2.19. The van der Waals surface area contributed by atoms with E-state index < -0.39 is 10.8 Å². The van der Waals surface area contributed by atoms with Gasteiger partial charge in [-0.05, 0) is 24.6 Å². The van der Waals surface area contributed by atoms with Gasteiger partial charge in [0, 0.05) is 6.07 Å². The van der Waals surface area contributed by atoms with E-state index in [2.05, 4.69) is 5.32 Å². The summed E-state index contributed by atoms with van der Waals surface area (Å²) in [6.45, 7) is 2.48. The van der Waals surface area contributed by atoms with Crippen LogP contribution in [0.3, 0.4) is 0 Å². The molecular formula is C16H13ClN2O5. The number of hydrogen-bond acceptors (Lipinski definition) is 5. The summed E-state index contributed by atoms with van der Waals surface area (Å²) in [7, 11) is 0. The summed E-state index contributed by atoms with van der Waals surface area (Å²) in [5.41, 5.74) is 0.820. The zero-order valence-electron chi connectivity index (χ0n) is 12.7. The smallest absolute Gasteiger partial charge is 0.286 e. The van der Waals surface area contributed by atoms with Crippen LogP contribution in [0.15, 0.2) is 30.3 Å². The molecule has 0 atom stereocenters. The minimum atomic E-state index is -0.649. The van der Waals surface area contributed by atoms with Crippen LogP contribution in [0, 0.1) is 17.0 Å². The molecule has 0 bridgehead atoms. The van der Waals surface area contributed by atoms with Gasteiger partial charge < -0.3 is 14.8 Å². The zero-order chi connectivity index (χ0) is 17.3. The number of hydrogen-bond donors (Lipinski definition) is 1. The van der Waals surface area contributed by atoms with Crippen LogP contribution < -0.4 is 14.8 Å². The molecule has 124 valence electrons. The van der Waals surface area contributed by atoms with Crippen LogP contribution in [0.4, 0.5) is 11.4 Å². The molecule has 8 heteroatoms. The Bertz CT molecular complexity index is 837. The van der Waals surface area contributed by atoms with Crippen molar-refractivity contribution in [1.82, 2.24) is 0 Å². The van der Waals surface area contributed by atoms with E-state index in [-0.39, 0.29) is 17.0 Å². The van der Waals surface area contributed by atoms with Gasteiger partial charge in [0.05, 0.1) is 21.7 Å². The molecular weight excluding hydrogens is 336 g/mol. The summed E-state index contributed by atoms with van der Waals surface area (Å²) in [5, 5.41) is 14.2. The van der Waals surface area contributed by atoms with Gasteiger partial charge in [0.1, 0.15) is 18.8 Å². The average Bonchev–Trinajstić information content (AvgIpc) is 2.56. The van der Waals surface area contributed by atoms with Crippen LogP contribution in [0.2, 0.25) is 5.02 Å². The van der Waals surface area contributed by atoms with Crippen LogP contribution in [0.5, 0.6) is 11.5 Å². The molecule has 0 aliphatic carbocycles. The molecule has 0 spiro atoms. The molecule has 1 aliphatic rings. The molecule has 24 heavy (non-hydrogen) atoms. The van der Waals surface area contributed by atoms with E-state index in [0.29, 0.717) is 29.7 Å². The fourth-order valence-electron chi connectivity index (χ4n) is 2.32. The summed E-state index contributed by atoms with van der Waals surface area (Å²) in [5.74, 6) is -0.103. The number of anilines is 1. The number of halogens is 1. The molecule has 1 N–H and O–H groups in total. The minimum Gasteiger partial charge on any atom is -0.486 e. The lowest BCUT2D eigenvalue weighted by Crippen LogP contribution is -2.18. The highest BCUT2D eigenvalue weighted by atomic mass is 35.5. The Labute approximate surface area is 142 Å². The number of amides is 1. The molecule has 2 aromatic carbocycles. The summed E-state index contributed by atoms with van der Waals surface area (Å²) in [4.78, 5) is 23.1. The maximum absolute atomic E-state index is 12.5. The lowest BCUT2D eigenvalue weighted by molar-refractivity contribution is -0.385. The number of nitrogens with zero attached hydrogens (tertiary/aromatic N) is 1. The van der Waals surface area contributed by atoms with Crippen molar-refractivity contribution in [2.24, 2.45) is 0 Å². The fraction of sp³-hybridized carbons (Fsp3) is 0.188. The van der Waals surface area contributed by atoms with E-state index in [0.717, 1.165) is 5.56 Å². The molecule has 0 unspecified atom stereocenters. The van der Waals surface area contributed by atoms with E-state index in [1.807, 2.05) is 6.92 Å². The predicted molar refractivity (Wildman–Crippen MR) is 88.2 cm³/mol. The van der Waals surface area contributed by atoms with E-state index in [1.165, 1.54) is 12.1 Å². The molecule has 3 rings (SSSR count). The Morgan fingerprint density at radius 2 is 1.88 bits per heavy atom. The number of carbonyl (C=O) groups excluding carboxylic acids is 1. The first kappa shape index (κ1) is 16.1. The fourth-order valence-corrected chi connectivity index (χ4v) is 2.60. The van der Waals surface area contributed by atoms with Crippen LogP contribution >= 0.6 is 11.6 Å². The lowest BCUT2D eigenvalue weighted by atomic mass is 10.1. The van der Waals surface area contributed by atoms with Gasteiger partial charge in [-0.3, -0.25) is 14.9 Å². The Balaban J connectivity index is 1.97. The highest BCUT2D eigenvalue weighted by molar-refractivity contribution is 6.34. The normalized spacial score (nSPS) is 12.6. The van der Waals surface area contributed by atoms with E-state index in [4.69, 9.17) is 21.1 Å². The molecule has 7 nitrogen and oxygen atoms in total. The van der Waals surface area contributed by atoms with Crippen molar-refractivity contribution in [1.29, 1.82) is 0 Å². The molecule has 0 radical (unpaired) electrons. The summed E-state index contributed by atoms with van der Waals surface area (Å²) < 4.78 is 10.7. The summed E-state index contributed by atoms with van der Waals surface area (Å²) in [6, 6.07) is 7.61. The third-order valence-corrected chi connectivity index (χ3v) is 3.79. The maximum Gasteiger partial charge on any atom is 0.286 e. The summed E-state index contributed by atoms with van der Waals surface area (Å²) in [6.07, 6.45) is 0. The SMILES string of the molecule is Cc1ccc(NC(=O)c2cc3c(cc2[N+](=O)[O-])OCCO3)c(Cl)c1. The molecule has 0 saturated carbocycles. The first-order valence-corrected chi connectivity index (χ1v) is 7.49. The monoisotopic (exact) mass is 348 g/mol. The zero-order valence-corrected chi connectivity index (χ0v) is 13.4. The number of benzene rings is 2. The molecule has 2 aromatic rings. The number of fused-ring (bicyclic) bond motifs is 1. The number of rotatable bonds is 3. The Kier molecular flexibility index (Phi) is 4.26.